The van der Waals surface area contributed by atoms with Crippen LogP contribution in [0, 0.1) is 6.92 Å². The molecule has 0 aliphatic carbocycles. The first-order chi connectivity index (χ1) is 15.6. The van der Waals surface area contributed by atoms with Crippen LogP contribution in [0.15, 0.2) is 46.2 Å². The van der Waals surface area contributed by atoms with Crippen molar-refractivity contribution in [3.05, 3.63) is 52.2 Å². The van der Waals surface area contributed by atoms with Gasteiger partial charge in [0, 0.05) is 42.2 Å². The first-order valence-electron chi connectivity index (χ1n) is 10.8. The minimum absolute atomic E-state index is 0.0325. The van der Waals surface area contributed by atoms with Gasteiger partial charge in [-0.3, -0.25) is 9.59 Å². The molecule has 2 aromatic heterocycles. The number of hydrogen-bond donors (Lipinski definition) is 1. The molecule has 9 heteroatoms. The van der Waals surface area contributed by atoms with Gasteiger partial charge in [0.15, 0.2) is 11.0 Å². The van der Waals surface area contributed by atoms with Gasteiger partial charge < -0.3 is 14.8 Å². The zero-order chi connectivity index (χ0) is 22.5. The summed E-state index contributed by atoms with van der Waals surface area (Å²) in [6.45, 7) is 6.17. The zero-order valence-corrected chi connectivity index (χ0v) is 19.9. The lowest BCUT2D eigenvalue weighted by Gasteiger charge is -2.32. The number of nitrogens with zero attached hydrogens (tertiary/aromatic N) is 4. The van der Waals surface area contributed by atoms with E-state index in [0.717, 1.165) is 41.5 Å². The van der Waals surface area contributed by atoms with Crippen LogP contribution in [0.4, 0.5) is 0 Å². The summed E-state index contributed by atoms with van der Waals surface area (Å²) in [5, 5.41) is 16.3. The fraction of sp³-hybridized carbons (Fsp3) is 0.391. The molecule has 0 unspecified atom stereocenters. The van der Waals surface area contributed by atoms with Crippen LogP contribution in [0.5, 0.6) is 0 Å². The average molecular weight is 470 g/mol. The molecule has 0 atom stereocenters. The van der Waals surface area contributed by atoms with Crippen molar-refractivity contribution >= 4 is 34.9 Å². The summed E-state index contributed by atoms with van der Waals surface area (Å²) < 4.78 is 2.06. The van der Waals surface area contributed by atoms with E-state index >= 15 is 0 Å². The summed E-state index contributed by atoms with van der Waals surface area (Å²) >= 11 is 2.95. The lowest BCUT2D eigenvalue weighted by molar-refractivity contribution is -0.129. The van der Waals surface area contributed by atoms with Crippen molar-refractivity contribution in [2.24, 2.45) is 0 Å². The summed E-state index contributed by atoms with van der Waals surface area (Å²) in [7, 11) is 0. The van der Waals surface area contributed by atoms with Crippen LogP contribution >= 0.6 is 23.1 Å². The fourth-order valence-corrected chi connectivity index (χ4v) is 5.40. The number of carbonyl (C=O) groups is 2. The minimum Gasteiger partial charge on any atom is -0.349 e. The lowest BCUT2D eigenvalue weighted by atomic mass is 10.0. The van der Waals surface area contributed by atoms with Crippen LogP contribution in [0.1, 0.15) is 35.7 Å². The van der Waals surface area contributed by atoms with Crippen molar-refractivity contribution in [3.8, 4) is 11.4 Å². The van der Waals surface area contributed by atoms with Crippen LogP contribution < -0.4 is 5.32 Å². The van der Waals surface area contributed by atoms with Gasteiger partial charge in [0.2, 0.25) is 5.91 Å². The summed E-state index contributed by atoms with van der Waals surface area (Å²) in [6.07, 6.45) is 1.55. The molecule has 0 spiro atoms. The van der Waals surface area contributed by atoms with E-state index in [-0.39, 0.29) is 17.9 Å². The van der Waals surface area contributed by atoms with Gasteiger partial charge in [-0.25, -0.2) is 0 Å². The molecular formula is C23H27N5O2S2. The number of piperidine rings is 1. The molecule has 3 heterocycles. The number of rotatable bonds is 7. The number of thioether (sulfide) groups is 1. The number of thiophene rings is 1. The number of hydrogen-bond acceptors (Lipinski definition) is 6. The molecule has 3 aromatic rings. The van der Waals surface area contributed by atoms with Gasteiger partial charge >= 0.3 is 0 Å². The van der Waals surface area contributed by atoms with Crippen molar-refractivity contribution in [2.75, 3.05) is 18.8 Å². The Hall–Kier alpha value is -2.65. The second-order valence-corrected chi connectivity index (χ2v) is 9.52. The van der Waals surface area contributed by atoms with E-state index in [1.54, 1.807) is 0 Å². The molecule has 0 radical (unpaired) electrons. The van der Waals surface area contributed by atoms with Crippen LogP contribution in [0.3, 0.4) is 0 Å². The van der Waals surface area contributed by atoms with Crippen LogP contribution in [-0.4, -0.2) is 56.4 Å². The van der Waals surface area contributed by atoms with Crippen molar-refractivity contribution in [1.29, 1.82) is 0 Å². The first-order valence-corrected chi connectivity index (χ1v) is 12.7. The molecule has 1 saturated heterocycles. The van der Waals surface area contributed by atoms with E-state index in [1.807, 2.05) is 39.9 Å². The largest absolute Gasteiger partial charge is 0.349 e. The van der Waals surface area contributed by atoms with Gasteiger partial charge in [-0.05, 0) is 43.7 Å². The normalized spacial score (nSPS) is 14.5. The maximum absolute atomic E-state index is 12.8. The Morgan fingerprint density at radius 1 is 1.19 bits per heavy atom. The number of aryl methyl sites for hydroxylation is 1. The van der Waals surface area contributed by atoms with Gasteiger partial charge in [-0.1, -0.05) is 36.0 Å². The quantitative estimate of drug-likeness (QED) is 0.532. The molecule has 1 N–H and O–H groups in total. The number of amides is 2. The topological polar surface area (TPSA) is 80.1 Å². The molecule has 4 rings (SSSR count). The molecule has 0 saturated carbocycles. The van der Waals surface area contributed by atoms with E-state index < -0.39 is 0 Å². The SMILES string of the molecule is CCn1c(SCC(=O)N2CCC(NC(=O)c3ccsc3)CC2)nnc1-c1ccccc1C. The van der Waals surface area contributed by atoms with Crippen molar-refractivity contribution < 1.29 is 9.59 Å². The Labute approximate surface area is 196 Å². The minimum atomic E-state index is -0.0325. The zero-order valence-electron chi connectivity index (χ0n) is 18.3. The highest BCUT2D eigenvalue weighted by atomic mass is 32.2. The standard InChI is InChI=1S/C23H27N5O2S2/c1-3-28-21(19-7-5-4-6-16(19)2)25-26-23(28)32-15-20(29)27-11-8-18(9-12-27)24-22(30)17-10-13-31-14-17/h4-7,10,13-14,18H,3,8-9,11-12,15H2,1-2H3,(H,24,30). The molecule has 2 amide bonds. The van der Waals surface area contributed by atoms with Crippen molar-refractivity contribution in [2.45, 2.75) is 44.4 Å². The third-order valence-electron chi connectivity index (χ3n) is 5.71. The van der Waals surface area contributed by atoms with Crippen molar-refractivity contribution in [3.63, 3.8) is 0 Å². The van der Waals surface area contributed by atoms with Crippen molar-refractivity contribution in [1.82, 2.24) is 25.0 Å². The van der Waals surface area contributed by atoms with E-state index in [0.29, 0.717) is 24.4 Å². The van der Waals surface area contributed by atoms with E-state index in [1.165, 1.54) is 23.1 Å². The highest BCUT2D eigenvalue weighted by Gasteiger charge is 2.25. The molecule has 0 bridgehead atoms. The second-order valence-electron chi connectivity index (χ2n) is 7.79. The maximum Gasteiger partial charge on any atom is 0.252 e. The van der Waals surface area contributed by atoms with E-state index in [4.69, 9.17) is 0 Å². The Bertz CT molecular complexity index is 1070. The molecule has 32 heavy (non-hydrogen) atoms. The number of carbonyl (C=O) groups excluding carboxylic acids is 2. The fourth-order valence-electron chi connectivity index (χ4n) is 3.86. The monoisotopic (exact) mass is 469 g/mol. The smallest absolute Gasteiger partial charge is 0.252 e. The predicted octanol–water partition coefficient (Wildman–Crippen LogP) is 3.85. The summed E-state index contributed by atoms with van der Waals surface area (Å²) in [4.78, 5) is 26.9. The average Bonchev–Trinajstić information content (AvgIpc) is 3.48. The number of benzene rings is 1. The Morgan fingerprint density at radius 2 is 1.97 bits per heavy atom. The number of aromatic nitrogens is 3. The summed E-state index contributed by atoms with van der Waals surface area (Å²) in [5.41, 5.74) is 2.91. The number of likely N-dealkylation sites (tertiary alicyclic amines) is 1. The predicted molar refractivity (Wildman–Crippen MR) is 128 cm³/mol. The van der Waals surface area contributed by atoms with Crippen LogP contribution in [-0.2, 0) is 11.3 Å². The molecule has 1 aliphatic heterocycles. The van der Waals surface area contributed by atoms with Crippen LogP contribution in [0.25, 0.3) is 11.4 Å². The molecule has 168 valence electrons. The van der Waals surface area contributed by atoms with E-state index in [2.05, 4.69) is 40.0 Å². The summed E-state index contributed by atoms with van der Waals surface area (Å²) in [6, 6.07) is 10.1. The van der Waals surface area contributed by atoms with Gasteiger partial charge in [-0.15, -0.1) is 10.2 Å². The summed E-state index contributed by atoms with van der Waals surface area (Å²) in [5.74, 6) is 1.23. The van der Waals surface area contributed by atoms with Gasteiger partial charge in [0.25, 0.3) is 5.91 Å². The molecule has 1 aromatic carbocycles. The lowest BCUT2D eigenvalue weighted by Crippen LogP contribution is -2.47. The number of nitrogens with one attached hydrogen (secondary N) is 1. The van der Waals surface area contributed by atoms with Gasteiger partial charge in [0.1, 0.15) is 0 Å². The molecule has 7 nitrogen and oxygen atoms in total. The van der Waals surface area contributed by atoms with Crippen LogP contribution in [0.2, 0.25) is 0 Å². The Kier molecular flexibility index (Phi) is 7.26. The Balaban J connectivity index is 1.30. The highest BCUT2D eigenvalue weighted by molar-refractivity contribution is 7.99. The first kappa shape index (κ1) is 22.5. The van der Waals surface area contributed by atoms with Gasteiger partial charge in [0.05, 0.1) is 5.75 Å². The third kappa shape index (κ3) is 5.05. The maximum atomic E-state index is 12.8. The molecular weight excluding hydrogens is 442 g/mol. The third-order valence-corrected chi connectivity index (χ3v) is 7.34. The van der Waals surface area contributed by atoms with Gasteiger partial charge in [-0.2, -0.15) is 11.3 Å². The Morgan fingerprint density at radius 3 is 2.66 bits per heavy atom. The van der Waals surface area contributed by atoms with E-state index in [9.17, 15) is 9.59 Å². The second kappa shape index (κ2) is 10.3. The molecule has 1 aliphatic rings. The highest BCUT2D eigenvalue weighted by Crippen LogP contribution is 2.26. The molecule has 1 fully saturated rings.